The Morgan fingerprint density at radius 1 is 1.43 bits per heavy atom. The van der Waals surface area contributed by atoms with Crippen LogP contribution in [-0.4, -0.2) is 42.6 Å². The van der Waals surface area contributed by atoms with Crippen molar-refractivity contribution in [1.82, 2.24) is 9.55 Å². The molecule has 1 aromatic carbocycles. The van der Waals surface area contributed by atoms with Gasteiger partial charge in [0.1, 0.15) is 22.7 Å². The Kier molecular flexibility index (Phi) is 4.06. The Balaban J connectivity index is 2.08. The average Bonchev–Trinajstić information content (AvgIpc) is 3.13. The lowest BCUT2D eigenvalue weighted by molar-refractivity contribution is -0.0291. The molecule has 1 aliphatic rings. The molecule has 0 N–H and O–H groups in total. The Bertz CT molecular complexity index is 635. The number of aromatic nitrogens is 2. The fourth-order valence-corrected chi connectivity index (χ4v) is 3.04. The minimum atomic E-state index is -0.308. The molecule has 21 heavy (non-hydrogen) atoms. The van der Waals surface area contributed by atoms with Gasteiger partial charge in [-0.15, -0.1) is 11.6 Å². The molecule has 0 amide bonds. The molecular formula is C15H19ClN2O3. The van der Waals surface area contributed by atoms with E-state index in [2.05, 4.69) is 9.55 Å². The maximum Gasteiger partial charge on any atom is 0.146 e. The molecule has 2 aromatic rings. The second-order valence-electron chi connectivity index (χ2n) is 5.27. The zero-order valence-corrected chi connectivity index (χ0v) is 13.0. The molecule has 0 spiro atoms. The van der Waals surface area contributed by atoms with E-state index in [-0.39, 0.29) is 5.60 Å². The van der Waals surface area contributed by atoms with Crippen molar-refractivity contribution in [2.24, 2.45) is 0 Å². The van der Waals surface area contributed by atoms with E-state index >= 15 is 0 Å². The van der Waals surface area contributed by atoms with Gasteiger partial charge in [0.25, 0.3) is 0 Å². The van der Waals surface area contributed by atoms with Crippen LogP contribution in [0.5, 0.6) is 5.75 Å². The number of para-hydroxylation sites is 1. The number of hydrogen-bond donors (Lipinski definition) is 0. The average molecular weight is 311 g/mol. The Morgan fingerprint density at radius 3 is 2.90 bits per heavy atom. The minimum Gasteiger partial charge on any atom is -0.494 e. The zero-order chi connectivity index (χ0) is 14.9. The maximum atomic E-state index is 6.08. The summed E-state index contributed by atoms with van der Waals surface area (Å²) in [4.78, 5) is 4.62. The van der Waals surface area contributed by atoms with Gasteiger partial charge in [-0.3, -0.25) is 0 Å². The highest BCUT2D eigenvalue weighted by atomic mass is 35.5. The van der Waals surface area contributed by atoms with Gasteiger partial charge >= 0.3 is 0 Å². The van der Waals surface area contributed by atoms with Crippen LogP contribution in [-0.2, 0) is 21.9 Å². The highest BCUT2D eigenvalue weighted by Gasteiger charge is 2.36. The number of imidazole rings is 1. The summed E-state index contributed by atoms with van der Waals surface area (Å²) in [6.45, 7) is 1.99. The molecule has 0 aliphatic carbocycles. The van der Waals surface area contributed by atoms with E-state index in [1.807, 2.05) is 18.2 Å². The molecule has 5 nitrogen and oxygen atoms in total. The van der Waals surface area contributed by atoms with Gasteiger partial charge < -0.3 is 18.8 Å². The van der Waals surface area contributed by atoms with Crippen LogP contribution < -0.4 is 4.74 Å². The largest absolute Gasteiger partial charge is 0.494 e. The number of nitrogens with zero attached hydrogens (tertiary/aromatic N) is 2. The smallest absolute Gasteiger partial charge is 0.146 e. The molecule has 1 aromatic heterocycles. The van der Waals surface area contributed by atoms with Gasteiger partial charge in [0.05, 0.1) is 31.7 Å². The van der Waals surface area contributed by atoms with Crippen molar-refractivity contribution >= 4 is 22.6 Å². The number of ether oxygens (including phenoxy) is 3. The summed E-state index contributed by atoms with van der Waals surface area (Å²) < 4.78 is 18.7. The predicted molar refractivity (Wildman–Crippen MR) is 81.0 cm³/mol. The van der Waals surface area contributed by atoms with Gasteiger partial charge in [-0.05, 0) is 12.1 Å². The van der Waals surface area contributed by atoms with Crippen LogP contribution in [0, 0.1) is 0 Å². The topological polar surface area (TPSA) is 45.5 Å². The summed E-state index contributed by atoms with van der Waals surface area (Å²) in [5.74, 6) is 1.92. The summed E-state index contributed by atoms with van der Waals surface area (Å²) in [6, 6.07) is 5.89. The third-order valence-corrected chi connectivity index (χ3v) is 4.35. The first-order valence-corrected chi connectivity index (χ1v) is 7.47. The minimum absolute atomic E-state index is 0.308. The van der Waals surface area contributed by atoms with Crippen LogP contribution in [0.1, 0.15) is 12.2 Å². The molecule has 1 atom stereocenters. The second-order valence-corrected chi connectivity index (χ2v) is 5.53. The Labute approximate surface area is 128 Å². The van der Waals surface area contributed by atoms with Crippen molar-refractivity contribution in [2.45, 2.75) is 24.4 Å². The number of hydrogen-bond acceptors (Lipinski definition) is 4. The van der Waals surface area contributed by atoms with Crippen molar-refractivity contribution in [3.63, 3.8) is 0 Å². The van der Waals surface area contributed by atoms with E-state index in [1.165, 1.54) is 0 Å². The summed E-state index contributed by atoms with van der Waals surface area (Å²) in [5, 5.41) is 0. The third-order valence-electron chi connectivity index (χ3n) is 4.11. The van der Waals surface area contributed by atoms with E-state index in [4.69, 9.17) is 25.8 Å². The van der Waals surface area contributed by atoms with Crippen molar-refractivity contribution in [3.05, 3.63) is 24.0 Å². The summed E-state index contributed by atoms with van der Waals surface area (Å²) in [6.07, 6.45) is 0.870. The summed E-state index contributed by atoms with van der Waals surface area (Å²) in [5.41, 5.74) is 1.53. The molecular weight excluding hydrogens is 292 g/mol. The molecule has 1 fully saturated rings. The van der Waals surface area contributed by atoms with Gasteiger partial charge in [-0.2, -0.15) is 0 Å². The fourth-order valence-electron chi connectivity index (χ4n) is 2.84. The fraction of sp³-hybridized carbons (Fsp3) is 0.533. The quantitative estimate of drug-likeness (QED) is 0.796. The van der Waals surface area contributed by atoms with Crippen LogP contribution in [0.25, 0.3) is 11.0 Å². The lowest BCUT2D eigenvalue weighted by Crippen LogP contribution is -2.37. The van der Waals surface area contributed by atoms with Gasteiger partial charge in [0, 0.05) is 20.1 Å². The van der Waals surface area contributed by atoms with Crippen LogP contribution in [0.15, 0.2) is 18.2 Å². The van der Waals surface area contributed by atoms with Gasteiger partial charge in [-0.1, -0.05) is 6.07 Å². The van der Waals surface area contributed by atoms with E-state index < -0.39 is 0 Å². The summed E-state index contributed by atoms with van der Waals surface area (Å²) in [7, 11) is 3.38. The van der Waals surface area contributed by atoms with E-state index in [1.54, 1.807) is 14.2 Å². The zero-order valence-electron chi connectivity index (χ0n) is 12.3. The third kappa shape index (κ3) is 2.50. The number of rotatable bonds is 5. The maximum absolute atomic E-state index is 6.08. The van der Waals surface area contributed by atoms with Crippen LogP contribution in [0.2, 0.25) is 0 Å². The number of methoxy groups -OCH3 is 2. The molecule has 1 unspecified atom stereocenters. The molecule has 1 saturated heterocycles. The highest BCUT2D eigenvalue weighted by molar-refractivity contribution is 6.16. The first-order valence-electron chi connectivity index (χ1n) is 6.94. The van der Waals surface area contributed by atoms with E-state index in [9.17, 15) is 0 Å². The first kappa shape index (κ1) is 14.6. The van der Waals surface area contributed by atoms with Gasteiger partial charge in [0.2, 0.25) is 0 Å². The van der Waals surface area contributed by atoms with Crippen molar-refractivity contribution in [2.75, 3.05) is 27.4 Å². The molecule has 0 bridgehead atoms. The Morgan fingerprint density at radius 2 is 2.29 bits per heavy atom. The lowest BCUT2D eigenvalue weighted by Gasteiger charge is -2.27. The molecule has 0 radical (unpaired) electrons. The molecule has 2 heterocycles. The molecule has 1 aliphatic heterocycles. The Hall–Kier alpha value is -1.30. The highest BCUT2D eigenvalue weighted by Crippen LogP contribution is 2.31. The van der Waals surface area contributed by atoms with Crippen molar-refractivity contribution < 1.29 is 14.2 Å². The first-order chi connectivity index (χ1) is 10.2. The van der Waals surface area contributed by atoms with E-state index in [0.29, 0.717) is 19.0 Å². The predicted octanol–water partition coefficient (Wildman–Crippen LogP) is 2.59. The number of fused-ring (bicyclic) bond motifs is 1. The lowest BCUT2D eigenvalue weighted by atomic mass is 10.0. The SMILES string of the molecule is COc1cccc2c1nc(CCl)n2CC1(OC)CCOC1. The van der Waals surface area contributed by atoms with Gasteiger partial charge in [0.15, 0.2) is 0 Å². The number of benzene rings is 1. The van der Waals surface area contributed by atoms with Crippen molar-refractivity contribution in [3.8, 4) is 5.75 Å². The monoisotopic (exact) mass is 310 g/mol. The van der Waals surface area contributed by atoms with Crippen LogP contribution >= 0.6 is 11.6 Å². The standard InChI is InChI=1S/C15H19ClN2O3/c1-19-12-5-3-4-11-14(12)17-13(8-16)18(11)9-15(20-2)6-7-21-10-15/h3-5H,6-10H2,1-2H3. The molecule has 6 heteroatoms. The van der Waals surface area contributed by atoms with Crippen LogP contribution in [0.3, 0.4) is 0 Å². The van der Waals surface area contributed by atoms with Crippen LogP contribution in [0.4, 0.5) is 0 Å². The van der Waals surface area contributed by atoms with E-state index in [0.717, 1.165) is 35.6 Å². The number of halogens is 1. The second kappa shape index (κ2) is 5.83. The van der Waals surface area contributed by atoms with Gasteiger partial charge in [-0.25, -0.2) is 4.98 Å². The molecule has 114 valence electrons. The molecule has 3 rings (SSSR count). The van der Waals surface area contributed by atoms with Crippen molar-refractivity contribution in [1.29, 1.82) is 0 Å². The normalized spacial score (nSPS) is 22.0. The summed E-state index contributed by atoms with van der Waals surface area (Å²) >= 11 is 6.08. The number of alkyl halides is 1. The molecule has 0 saturated carbocycles.